The monoisotopic (exact) mass is 382 g/mol. The fourth-order valence-corrected chi connectivity index (χ4v) is 3.24. The van der Waals surface area contributed by atoms with Gasteiger partial charge in [-0.2, -0.15) is 0 Å². The van der Waals surface area contributed by atoms with Gasteiger partial charge in [-0.3, -0.25) is 4.79 Å². The molecule has 0 unspecified atom stereocenters. The van der Waals surface area contributed by atoms with Crippen LogP contribution in [0.15, 0.2) is 24.3 Å². The largest absolute Gasteiger partial charge is 0.504 e. The van der Waals surface area contributed by atoms with Crippen molar-refractivity contribution in [2.75, 3.05) is 27.2 Å². The first-order valence-corrected chi connectivity index (χ1v) is 9.02. The molecule has 5 nitrogen and oxygen atoms in total. The lowest BCUT2D eigenvalue weighted by Crippen LogP contribution is -2.44. The van der Waals surface area contributed by atoms with Gasteiger partial charge >= 0.3 is 0 Å². The average Bonchev–Trinajstić information content (AvgIpc) is 2.57. The molecule has 1 saturated carbocycles. The van der Waals surface area contributed by atoms with Gasteiger partial charge in [0.25, 0.3) is 0 Å². The van der Waals surface area contributed by atoms with Gasteiger partial charge < -0.3 is 20.0 Å². The fraction of sp³-hybridized carbons (Fsp3) is 0.550. The lowest BCUT2D eigenvalue weighted by molar-refractivity contribution is -0.129. The Hall–Kier alpha value is -1.72. The number of carbonyl (C=O) groups excluding carboxylic acids is 1. The van der Waals surface area contributed by atoms with E-state index in [9.17, 15) is 15.0 Å². The van der Waals surface area contributed by atoms with Crippen molar-refractivity contribution >= 4 is 24.4 Å². The zero-order valence-electron chi connectivity index (χ0n) is 15.9. The number of halogens is 1. The van der Waals surface area contributed by atoms with E-state index in [1.165, 1.54) is 25.0 Å². The topological polar surface area (TPSA) is 64.0 Å². The summed E-state index contributed by atoms with van der Waals surface area (Å²) < 4.78 is 0. The van der Waals surface area contributed by atoms with E-state index in [0.29, 0.717) is 11.6 Å². The Bertz CT molecular complexity index is 611. The molecule has 0 spiro atoms. The van der Waals surface area contributed by atoms with Crippen LogP contribution in [-0.2, 0) is 4.79 Å². The van der Waals surface area contributed by atoms with Crippen LogP contribution in [0.4, 0.5) is 0 Å². The first-order chi connectivity index (χ1) is 11.9. The van der Waals surface area contributed by atoms with Gasteiger partial charge in [0, 0.05) is 25.2 Å². The van der Waals surface area contributed by atoms with Crippen molar-refractivity contribution in [2.24, 2.45) is 5.92 Å². The number of likely N-dealkylation sites (N-methyl/N-ethyl adjacent to an activating group) is 1. The van der Waals surface area contributed by atoms with Crippen LogP contribution < -0.4 is 0 Å². The molecule has 146 valence electrons. The van der Waals surface area contributed by atoms with Crippen LogP contribution in [0.5, 0.6) is 11.5 Å². The third-order valence-electron chi connectivity index (χ3n) is 4.92. The van der Waals surface area contributed by atoms with E-state index in [1.54, 1.807) is 18.2 Å². The summed E-state index contributed by atoms with van der Waals surface area (Å²) in [5.74, 6) is 0.416. The van der Waals surface area contributed by atoms with Gasteiger partial charge in [-0.05, 0) is 69.5 Å². The van der Waals surface area contributed by atoms with Gasteiger partial charge in [-0.1, -0.05) is 13.0 Å². The Labute approximate surface area is 162 Å². The van der Waals surface area contributed by atoms with E-state index in [0.717, 1.165) is 31.8 Å². The summed E-state index contributed by atoms with van der Waals surface area (Å²) in [6.07, 6.45) is 7.73. The van der Waals surface area contributed by atoms with Crippen LogP contribution in [0.25, 0.3) is 6.08 Å². The molecule has 0 heterocycles. The van der Waals surface area contributed by atoms with Gasteiger partial charge in [0.15, 0.2) is 11.5 Å². The van der Waals surface area contributed by atoms with Gasteiger partial charge in [0.1, 0.15) is 0 Å². The predicted molar refractivity (Wildman–Crippen MR) is 108 cm³/mol. The standard InChI is InChI=1S/C20H30N2O3.ClH/c1-15-4-8-17(9-5-15)22(13-12-21(2)3)20(25)11-7-16-6-10-18(23)19(24)14-16;/h6-7,10-11,14-15,17,23-24H,4-5,8-9,12-13H2,1-3H3;1H. The summed E-state index contributed by atoms with van der Waals surface area (Å²) in [7, 11) is 4.03. The Balaban J connectivity index is 0.00000338. The molecule has 2 N–H and O–H groups in total. The number of hydrogen-bond donors (Lipinski definition) is 2. The lowest BCUT2D eigenvalue weighted by atomic mass is 9.86. The van der Waals surface area contributed by atoms with Crippen molar-refractivity contribution in [3.63, 3.8) is 0 Å². The molecule has 0 aromatic heterocycles. The molecule has 1 aromatic rings. The van der Waals surface area contributed by atoms with Crippen LogP contribution in [0.3, 0.4) is 0 Å². The normalized spacial score (nSPS) is 20.2. The summed E-state index contributed by atoms with van der Waals surface area (Å²) in [6, 6.07) is 4.85. The van der Waals surface area contributed by atoms with Crippen molar-refractivity contribution in [3.8, 4) is 11.5 Å². The molecular weight excluding hydrogens is 352 g/mol. The number of phenols is 2. The number of nitrogens with zero attached hydrogens (tertiary/aromatic N) is 2. The van der Waals surface area contributed by atoms with Gasteiger partial charge in [-0.15, -0.1) is 12.4 Å². The van der Waals surface area contributed by atoms with E-state index in [4.69, 9.17) is 0 Å². The first kappa shape index (κ1) is 22.3. The molecule has 1 aromatic carbocycles. The Morgan fingerprint density at radius 1 is 1.12 bits per heavy atom. The summed E-state index contributed by atoms with van der Waals surface area (Å²) in [6.45, 7) is 3.83. The maximum absolute atomic E-state index is 12.8. The number of phenolic OH excluding ortho intramolecular Hbond substituents is 2. The molecule has 0 atom stereocenters. The summed E-state index contributed by atoms with van der Waals surface area (Å²) >= 11 is 0. The highest BCUT2D eigenvalue weighted by atomic mass is 35.5. The molecule has 1 fully saturated rings. The molecule has 26 heavy (non-hydrogen) atoms. The first-order valence-electron chi connectivity index (χ1n) is 9.02. The average molecular weight is 383 g/mol. The van der Waals surface area contributed by atoms with E-state index in [1.807, 2.05) is 19.0 Å². The zero-order valence-corrected chi connectivity index (χ0v) is 16.7. The minimum absolute atomic E-state index is 0. The van der Waals surface area contributed by atoms with E-state index in [-0.39, 0.29) is 29.8 Å². The molecule has 0 radical (unpaired) electrons. The molecule has 0 aliphatic heterocycles. The van der Waals surface area contributed by atoms with Crippen LogP contribution >= 0.6 is 12.4 Å². The van der Waals surface area contributed by atoms with Crippen LogP contribution in [-0.4, -0.2) is 59.1 Å². The highest BCUT2D eigenvalue weighted by Gasteiger charge is 2.26. The van der Waals surface area contributed by atoms with Gasteiger partial charge in [-0.25, -0.2) is 0 Å². The Morgan fingerprint density at radius 3 is 2.35 bits per heavy atom. The van der Waals surface area contributed by atoms with E-state index >= 15 is 0 Å². The smallest absolute Gasteiger partial charge is 0.246 e. The number of benzene rings is 1. The molecule has 0 bridgehead atoms. The molecule has 2 rings (SSSR count). The quantitative estimate of drug-likeness (QED) is 0.583. The minimum Gasteiger partial charge on any atom is -0.504 e. The second-order valence-corrected chi connectivity index (χ2v) is 7.33. The maximum atomic E-state index is 12.8. The fourth-order valence-electron chi connectivity index (χ4n) is 3.24. The second kappa shape index (κ2) is 10.4. The number of aromatic hydroxyl groups is 2. The van der Waals surface area contributed by atoms with Crippen molar-refractivity contribution in [2.45, 2.75) is 38.6 Å². The molecule has 1 aliphatic rings. The number of carbonyl (C=O) groups is 1. The number of rotatable bonds is 6. The SMILES string of the molecule is CC1CCC(N(CCN(C)C)C(=O)C=Cc2ccc(O)c(O)c2)CC1.Cl. The van der Waals surface area contributed by atoms with Gasteiger partial charge in [0.05, 0.1) is 0 Å². The predicted octanol–water partition coefficient (Wildman–Crippen LogP) is 3.50. The van der Waals surface area contributed by atoms with Crippen molar-refractivity contribution in [3.05, 3.63) is 29.8 Å². The second-order valence-electron chi connectivity index (χ2n) is 7.33. The summed E-state index contributed by atoms with van der Waals surface area (Å²) in [5, 5.41) is 18.9. The van der Waals surface area contributed by atoms with Crippen LogP contribution in [0.2, 0.25) is 0 Å². The Morgan fingerprint density at radius 2 is 1.77 bits per heavy atom. The van der Waals surface area contributed by atoms with Crippen molar-refractivity contribution in [1.82, 2.24) is 9.80 Å². The highest BCUT2D eigenvalue weighted by molar-refractivity contribution is 5.92. The highest BCUT2D eigenvalue weighted by Crippen LogP contribution is 2.28. The minimum atomic E-state index is -0.180. The molecular formula is C20H31ClN2O3. The molecule has 1 aliphatic carbocycles. The van der Waals surface area contributed by atoms with Crippen LogP contribution in [0.1, 0.15) is 38.2 Å². The van der Waals surface area contributed by atoms with E-state index < -0.39 is 0 Å². The zero-order chi connectivity index (χ0) is 18.4. The van der Waals surface area contributed by atoms with Crippen LogP contribution in [0, 0.1) is 5.92 Å². The third-order valence-corrected chi connectivity index (χ3v) is 4.92. The number of hydrogen-bond acceptors (Lipinski definition) is 4. The van der Waals surface area contributed by atoms with E-state index in [2.05, 4.69) is 11.8 Å². The maximum Gasteiger partial charge on any atom is 0.246 e. The third kappa shape index (κ3) is 6.54. The molecule has 1 amide bonds. The molecule has 0 saturated heterocycles. The summed E-state index contributed by atoms with van der Waals surface area (Å²) in [5.41, 5.74) is 0.688. The molecule has 6 heteroatoms. The lowest BCUT2D eigenvalue weighted by Gasteiger charge is -2.36. The van der Waals surface area contributed by atoms with Crippen molar-refractivity contribution < 1.29 is 15.0 Å². The Kier molecular flexibility index (Phi) is 8.96. The van der Waals surface area contributed by atoms with Crippen molar-refractivity contribution in [1.29, 1.82) is 0 Å². The summed E-state index contributed by atoms with van der Waals surface area (Å²) in [4.78, 5) is 16.8. The van der Waals surface area contributed by atoms with Gasteiger partial charge in [0.2, 0.25) is 5.91 Å². The number of amides is 1.